The van der Waals surface area contributed by atoms with Crippen LogP contribution in [0.1, 0.15) is 35.0 Å². The molecule has 0 unspecified atom stereocenters. The number of benzene rings is 1. The summed E-state index contributed by atoms with van der Waals surface area (Å²) in [4.78, 5) is 59.1. The molecule has 0 radical (unpaired) electrons. The monoisotopic (exact) mass is 515 g/mol. The molecule has 35 heavy (non-hydrogen) atoms. The molecule has 11 nitrogen and oxygen atoms in total. The van der Waals surface area contributed by atoms with Crippen molar-refractivity contribution in [3.05, 3.63) is 57.7 Å². The van der Waals surface area contributed by atoms with Crippen LogP contribution in [0.25, 0.3) is 0 Å². The molecule has 0 aliphatic carbocycles. The second-order valence-electron chi connectivity index (χ2n) is 7.62. The van der Waals surface area contributed by atoms with Crippen LogP contribution in [0.5, 0.6) is 0 Å². The number of amides is 2. The quantitative estimate of drug-likeness (QED) is 0.195. The minimum absolute atomic E-state index is 0.0168. The maximum atomic E-state index is 13.1. The van der Waals surface area contributed by atoms with Gasteiger partial charge >= 0.3 is 5.97 Å². The summed E-state index contributed by atoms with van der Waals surface area (Å²) in [7, 11) is 0. The molecular weight excluding hydrogens is 494 g/mol. The Morgan fingerprint density at radius 2 is 2.11 bits per heavy atom. The molecule has 182 valence electrons. The molecule has 0 saturated carbocycles. The fraction of sp³-hybridized carbons (Fsp3) is 0.273. The molecule has 4 rings (SSSR count). The summed E-state index contributed by atoms with van der Waals surface area (Å²) in [5.74, 6) is -1.92. The molecular formula is C22H21N5O6S2. The van der Waals surface area contributed by atoms with Gasteiger partial charge in [0.05, 0.1) is 0 Å². The first-order chi connectivity index (χ1) is 16.8. The Kier molecular flexibility index (Phi) is 7.17. The number of nitrogen functional groups attached to an aromatic ring is 1. The number of β-lactam (4-membered cyclic amide) rings is 1. The summed E-state index contributed by atoms with van der Waals surface area (Å²) in [6.07, 6.45) is 1.24. The minimum atomic E-state index is -1.17. The standard InChI is InChI=1S/C22H21N5O6S2/c1-2-13-9-34-20-16(19(30)27(20)17(13)21(31)32)25-18(29)15(14-10-35-22(23)24-14)26-33-8-12-5-3-11(7-28)4-6-12/h3-7,10,16,20H,2,8-9H2,1H3,(H2,23,24)(H,25,29)(H,31,32)/b26-15-/t16-,20-/m1/s1. The summed E-state index contributed by atoms with van der Waals surface area (Å²) in [6, 6.07) is 5.73. The zero-order valence-electron chi connectivity index (χ0n) is 18.5. The minimum Gasteiger partial charge on any atom is -0.477 e. The van der Waals surface area contributed by atoms with Gasteiger partial charge in [-0.05, 0) is 17.6 Å². The number of thioether (sulfide) groups is 1. The molecule has 0 bridgehead atoms. The number of hydrogen-bond donors (Lipinski definition) is 3. The lowest BCUT2D eigenvalue weighted by Gasteiger charge is -2.49. The molecule has 1 saturated heterocycles. The third-order valence-corrected chi connectivity index (χ3v) is 7.46. The van der Waals surface area contributed by atoms with Gasteiger partial charge in [0.1, 0.15) is 35.7 Å². The predicted molar refractivity (Wildman–Crippen MR) is 130 cm³/mol. The van der Waals surface area contributed by atoms with E-state index in [1.807, 2.05) is 6.92 Å². The fourth-order valence-corrected chi connectivity index (χ4v) is 5.62. The second kappa shape index (κ2) is 10.3. The van der Waals surface area contributed by atoms with Crippen LogP contribution in [0.2, 0.25) is 0 Å². The lowest BCUT2D eigenvalue weighted by atomic mass is 10.0. The Morgan fingerprint density at radius 3 is 2.71 bits per heavy atom. The van der Waals surface area contributed by atoms with E-state index in [1.54, 1.807) is 29.6 Å². The molecule has 0 spiro atoms. The Balaban J connectivity index is 1.50. The number of aldehydes is 1. The molecule has 4 N–H and O–H groups in total. The molecule has 1 fully saturated rings. The highest BCUT2D eigenvalue weighted by Gasteiger charge is 2.54. The van der Waals surface area contributed by atoms with E-state index in [-0.39, 0.29) is 28.8 Å². The van der Waals surface area contributed by atoms with Crippen LogP contribution in [-0.2, 0) is 25.8 Å². The van der Waals surface area contributed by atoms with Crippen LogP contribution in [0.15, 0.2) is 46.1 Å². The van der Waals surface area contributed by atoms with E-state index in [2.05, 4.69) is 15.5 Å². The second-order valence-corrected chi connectivity index (χ2v) is 9.61. The average molecular weight is 516 g/mol. The maximum absolute atomic E-state index is 13.1. The van der Waals surface area contributed by atoms with E-state index in [0.717, 1.165) is 23.2 Å². The van der Waals surface area contributed by atoms with E-state index in [1.165, 1.54) is 16.7 Å². The highest BCUT2D eigenvalue weighted by atomic mass is 32.2. The highest BCUT2D eigenvalue weighted by molar-refractivity contribution is 8.00. The molecule has 1 aromatic carbocycles. The molecule has 2 atom stereocenters. The number of carboxylic acids is 1. The first-order valence-electron chi connectivity index (χ1n) is 10.5. The SMILES string of the molecule is CCC1=C(C(=O)O)N2C(=O)[C@@H](NC(=O)/C(=N\OCc3ccc(C=O)cc3)c3csc(N)n3)[C@H]2SC1. The third kappa shape index (κ3) is 4.91. The lowest BCUT2D eigenvalue weighted by molar-refractivity contribution is -0.150. The largest absolute Gasteiger partial charge is 0.477 e. The number of oxime groups is 1. The number of fused-ring (bicyclic) bond motifs is 1. The number of carbonyl (C=O) groups excluding carboxylic acids is 3. The van der Waals surface area contributed by atoms with E-state index in [0.29, 0.717) is 23.3 Å². The van der Waals surface area contributed by atoms with Crippen LogP contribution in [0.4, 0.5) is 5.13 Å². The van der Waals surface area contributed by atoms with Gasteiger partial charge in [0.15, 0.2) is 10.8 Å². The Hall–Kier alpha value is -3.71. The third-order valence-electron chi connectivity index (χ3n) is 5.45. The van der Waals surface area contributed by atoms with Gasteiger partial charge in [-0.25, -0.2) is 9.78 Å². The average Bonchev–Trinajstić information content (AvgIpc) is 3.29. The number of nitrogens with one attached hydrogen (secondary N) is 1. The smallest absolute Gasteiger partial charge is 0.352 e. The van der Waals surface area contributed by atoms with Gasteiger partial charge in [0.25, 0.3) is 11.8 Å². The molecule has 3 heterocycles. The van der Waals surface area contributed by atoms with Crippen molar-refractivity contribution < 1.29 is 29.1 Å². The first kappa shape index (κ1) is 24.4. The van der Waals surface area contributed by atoms with E-state index in [9.17, 15) is 24.3 Å². The van der Waals surface area contributed by atoms with Gasteiger partial charge in [-0.2, -0.15) is 0 Å². The molecule has 1 aromatic heterocycles. The molecule has 2 aliphatic rings. The number of thiazole rings is 1. The summed E-state index contributed by atoms with van der Waals surface area (Å²) >= 11 is 2.50. The maximum Gasteiger partial charge on any atom is 0.352 e. The van der Waals surface area contributed by atoms with Crippen molar-refractivity contribution in [2.75, 3.05) is 11.5 Å². The molecule has 2 aromatic rings. The zero-order chi connectivity index (χ0) is 25.1. The molecule has 2 aliphatic heterocycles. The summed E-state index contributed by atoms with van der Waals surface area (Å²) in [5.41, 5.74) is 7.61. The molecule has 2 amide bonds. The number of nitrogens with two attached hydrogens (primary N) is 1. The number of aromatic nitrogens is 1. The normalized spacial score (nSPS) is 19.6. The predicted octanol–water partition coefficient (Wildman–Crippen LogP) is 1.61. The van der Waals surface area contributed by atoms with Gasteiger partial charge in [-0.15, -0.1) is 23.1 Å². The van der Waals surface area contributed by atoms with Crippen molar-refractivity contribution in [1.29, 1.82) is 0 Å². The van der Waals surface area contributed by atoms with Crippen molar-refractivity contribution in [2.45, 2.75) is 31.4 Å². The van der Waals surface area contributed by atoms with Crippen LogP contribution in [0, 0.1) is 0 Å². The molecule has 13 heteroatoms. The van der Waals surface area contributed by atoms with E-state index in [4.69, 9.17) is 10.6 Å². The van der Waals surface area contributed by atoms with Gasteiger partial charge in [0, 0.05) is 16.7 Å². The number of nitrogens with zero attached hydrogens (tertiary/aromatic N) is 3. The van der Waals surface area contributed by atoms with Crippen molar-refractivity contribution in [2.24, 2.45) is 5.16 Å². The van der Waals surface area contributed by atoms with Gasteiger partial charge in [-0.1, -0.05) is 36.3 Å². The van der Waals surface area contributed by atoms with E-state index >= 15 is 0 Å². The number of aliphatic carboxylic acids is 1. The zero-order valence-corrected chi connectivity index (χ0v) is 20.1. The van der Waals surface area contributed by atoms with Crippen LogP contribution in [-0.4, -0.2) is 61.9 Å². The van der Waals surface area contributed by atoms with Crippen molar-refractivity contribution >= 4 is 58.0 Å². The Morgan fingerprint density at radius 1 is 1.37 bits per heavy atom. The Labute approximate surface area is 208 Å². The van der Waals surface area contributed by atoms with Crippen LogP contribution >= 0.6 is 23.1 Å². The number of carbonyl (C=O) groups is 4. The van der Waals surface area contributed by atoms with Crippen molar-refractivity contribution in [3.8, 4) is 0 Å². The van der Waals surface area contributed by atoms with Gasteiger partial charge < -0.3 is 21.0 Å². The van der Waals surface area contributed by atoms with Crippen molar-refractivity contribution in [3.63, 3.8) is 0 Å². The Bertz CT molecular complexity index is 1240. The van der Waals surface area contributed by atoms with Gasteiger partial charge in [-0.3, -0.25) is 19.3 Å². The van der Waals surface area contributed by atoms with Crippen LogP contribution in [0.3, 0.4) is 0 Å². The van der Waals surface area contributed by atoms with Crippen LogP contribution < -0.4 is 11.1 Å². The number of anilines is 1. The summed E-state index contributed by atoms with van der Waals surface area (Å²) < 4.78 is 0. The van der Waals surface area contributed by atoms with Gasteiger partial charge in [0.2, 0.25) is 0 Å². The topological polar surface area (TPSA) is 164 Å². The fourth-order valence-electron chi connectivity index (χ4n) is 3.63. The number of rotatable bonds is 9. The first-order valence-corrected chi connectivity index (χ1v) is 12.4. The number of carboxylic acid groups (broad SMARTS) is 1. The summed E-state index contributed by atoms with van der Waals surface area (Å²) in [5, 5.41) is 17.4. The summed E-state index contributed by atoms with van der Waals surface area (Å²) in [6.45, 7) is 1.86. The number of hydrogen-bond acceptors (Lipinski definition) is 10. The lowest BCUT2D eigenvalue weighted by Crippen LogP contribution is -2.71. The van der Waals surface area contributed by atoms with E-state index < -0.39 is 29.2 Å². The van der Waals surface area contributed by atoms with Crippen molar-refractivity contribution in [1.82, 2.24) is 15.2 Å². The highest BCUT2D eigenvalue weighted by Crippen LogP contribution is 2.41.